The van der Waals surface area contributed by atoms with E-state index >= 15 is 0 Å². The lowest BCUT2D eigenvalue weighted by Gasteiger charge is -2.14. The van der Waals surface area contributed by atoms with Crippen molar-refractivity contribution in [2.24, 2.45) is 5.73 Å². The Morgan fingerprint density at radius 3 is 3.00 bits per heavy atom. The molecule has 3 N–H and O–H groups in total. The van der Waals surface area contributed by atoms with Gasteiger partial charge in [0.1, 0.15) is 5.69 Å². The molecule has 1 aromatic heterocycles. The van der Waals surface area contributed by atoms with Crippen molar-refractivity contribution in [3.63, 3.8) is 0 Å². The molecule has 0 spiro atoms. The maximum atomic E-state index is 12.3. The number of fused-ring (bicyclic) bond motifs is 1. The van der Waals surface area contributed by atoms with Crippen LogP contribution in [0.2, 0.25) is 0 Å². The van der Waals surface area contributed by atoms with E-state index in [-0.39, 0.29) is 11.9 Å². The average molecular weight is 308 g/mol. The summed E-state index contributed by atoms with van der Waals surface area (Å²) < 4.78 is 1.01. The van der Waals surface area contributed by atoms with Gasteiger partial charge < -0.3 is 15.6 Å². The monoisotopic (exact) mass is 307 g/mol. The van der Waals surface area contributed by atoms with Crippen molar-refractivity contribution < 1.29 is 4.79 Å². The van der Waals surface area contributed by atoms with Crippen LogP contribution in [0.4, 0.5) is 0 Å². The van der Waals surface area contributed by atoms with Crippen molar-refractivity contribution in [2.75, 3.05) is 13.1 Å². The number of carbonyl (C=O) groups excluding carboxylic acids is 1. The number of carbonyl (C=O) groups is 1. The van der Waals surface area contributed by atoms with E-state index in [4.69, 9.17) is 5.73 Å². The lowest BCUT2D eigenvalue weighted by molar-refractivity contribution is 0.0786. The zero-order valence-corrected chi connectivity index (χ0v) is 11.4. The molecule has 4 nitrogen and oxygen atoms in total. The number of hydrogen-bond donors (Lipinski definition) is 2. The van der Waals surface area contributed by atoms with Crippen molar-refractivity contribution in [2.45, 2.75) is 12.5 Å². The van der Waals surface area contributed by atoms with Gasteiger partial charge in [-0.1, -0.05) is 15.9 Å². The normalized spacial score (nSPS) is 19.7. The van der Waals surface area contributed by atoms with E-state index in [1.165, 1.54) is 0 Å². The zero-order valence-electron chi connectivity index (χ0n) is 9.82. The second-order valence-electron chi connectivity index (χ2n) is 4.71. The van der Waals surface area contributed by atoms with Crippen LogP contribution in [-0.4, -0.2) is 34.9 Å². The van der Waals surface area contributed by atoms with Crippen molar-refractivity contribution in [3.05, 3.63) is 34.4 Å². The minimum Gasteiger partial charge on any atom is -0.351 e. The Balaban J connectivity index is 1.92. The zero-order chi connectivity index (χ0) is 12.7. The van der Waals surface area contributed by atoms with Crippen LogP contribution in [0.1, 0.15) is 16.9 Å². The van der Waals surface area contributed by atoms with Crippen LogP contribution in [0.15, 0.2) is 28.7 Å². The fourth-order valence-corrected chi connectivity index (χ4v) is 2.74. The number of likely N-dealkylation sites (tertiary alicyclic amines) is 1. The van der Waals surface area contributed by atoms with Crippen molar-refractivity contribution in [3.8, 4) is 0 Å². The third kappa shape index (κ3) is 2.04. The molecule has 0 radical (unpaired) electrons. The molecule has 94 valence electrons. The summed E-state index contributed by atoms with van der Waals surface area (Å²) in [4.78, 5) is 17.2. The van der Waals surface area contributed by atoms with Gasteiger partial charge in [-0.25, -0.2) is 0 Å². The second-order valence-corrected chi connectivity index (χ2v) is 5.63. The van der Waals surface area contributed by atoms with Gasteiger partial charge in [-0.15, -0.1) is 0 Å². The summed E-state index contributed by atoms with van der Waals surface area (Å²) in [6.07, 6.45) is 0.886. The third-order valence-corrected chi connectivity index (χ3v) is 3.82. The molecule has 2 aromatic rings. The number of aromatic amines is 1. The molecule has 0 bridgehead atoms. The first-order valence-electron chi connectivity index (χ1n) is 5.96. The smallest absolute Gasteiger partial charge is 0.270 e. The fraction of sp³-hybridized carbons (Fsp3) is 0.308. The number of benzene rings is 1. The number of rotatable bonds is 1. The van der Waals surface area contributed by atoms with Crippen LogP contribution in [-0.2, 0) is 0 Å². The number of amides is 1. The van der Waals surface area contributed by atoms with Gasteiger partial charge >= 0.3 is 0 Å². The molecule has 1 aromatic carbocycles. The van der Waals surface area contributed by atoms with Crippen LogP contribution in [0, 0.1) is 0 Å². The molecule has 1 saturated heterocycles. The first-order chi connectivity index (χ1) is 8.63. The predicted molar refractivity (Wildman–Crippen MR) is 74.5 cm³/mol. The van der Waals surface area contributed by atoms with E-state index in [0.717, 1.165) is 28.3 Å². The fourth-order valence-electron chi connectivity index (χ4n) is 2.36. The molecule has 1 fully saturated rings. The van der Waals surface area contributed by atoms with E-state index in [2.05, 4.69) is 20.9 Å². The Morgan fingerprint density at radius 2 is 2.28 bits per heavy atom. The minimum absolute atomic E-state index is 0.0373. The van der Waals surface area contributed by atoms with Crippen LogP contribution >= 0.6 is 15.9 Å². The van der Waals surface area contributed by atoms with Crippen molar-refractivity contribution in [1.82, 2.24) is 9.88 Å². The SMILES string of the molecule is N[C@@H]1CCN(C(=O)c2cc3cc(Br)ccc3[nH]2)C1. The van der Waals surface area contributed by atoms with E-state index < -0.39 is 0 Å². The standard InChI is InChI=1S/C13H14BrN3O/c14-9-1-2-11-8(5-9)6-12(16-11)13(18)17-4-3-10(15)7-17/h1-2,5-6,10,16H,3-4,7,15H2/t10-/m1/s1. The Bertz CT molecular complexity index is 607. The average Bonchev–Trinajstić information content (AvgIpc) is 2.93. The molecule has 3 rings (SSSR count). The molecule has 2 heterocycles. The highest BCUT2D eigenvalue weighted by atomic mass is 79.9. The van der Waals surface area contributed by atoms with Gasteiger partial charge in [0, 0.05) is 34.5 Å². The van der Waals surface area contributed by atoms with Gasteiger partial charge in [-0.2, -0.15) is 0 Å². The van der Waals surface area contributed by atoms with E-state index in [0.29, 0.717) is 12.2 Å². The highest BCUT2D eigenvalue weighted by Crippen LogP contribution is 2.22. The number of H-pyrrole nitrogens is 1. The summed E-state index contributed by atoms with van der Waals surface area (Å²) in [6.45, 7) is 1.40. The summed E-state index contributed by atoms with van der Waals surface area (Å²) >= 11 is 3.43. The Labute approximate surface area is 113 Å². The van der Waals surface area contributed by atoms with Gasteiger partial charge in [0.15, 0.2) is 0 Å². The van der Waals surface area contributed by atoms with Crippen LogP contribution in [0.3, 0.4) is 0 Å². The maximum absolute atomic E-state index is 12.3. The third-order valence-electron chi connectivity index (χ3n) is 3.33. The molecular weight excluding hydrogens is 294 g/mol. The summed E-state index contributed by atoms with van der Waals surface area (Å²) in [5.41, 5.74) is 7.44. The Morgan fingerprint density at radius 1 is 1.44 bits per heavy atom. The second kappa shape index (κ2) is 4.40. The first kappa shape index (κ1) is 11.7. The number of halogens is 1. The lowest BCUT2D eigenvalue weighted by Crippen LogP contribution is -2.32. The highest BCUT2D eigenvalue weighted by Gasteiger charge is 2.25. The highest BCUT2D eigenvalue weighted by molar-refractivity contribution is 9.10. The van der Waals surface area contributed by atoms with Crippen molar-refractivity contribution in [1.29, 1.82) is 0 Å². The molecule has 0 saturated carbocycles. The van der Waals surface area contributed by atoms with Crippen LogP contribution in [0.25, 0.3) is 10.9 Å². The van der Waals surface area contributed by atoms with Gasteiger partial charge in [0.05, 0.1) is 0 Å². The predicted octanol–water partition coefficient (Wildman–Crippen LogP) is 2.10. The van der Waals surface area contributed by atoms with Crippen LogP contribution in [0.5, 0.6) is 0 Å². The topological polar surface area (TPSA) is 62.1 Å². The first-order valence-corrected chi connectivity index (χ1v) is 6.76. The molecule has 18 heavy (non-hydrogen) atoms. The summed E-state index contributed by atoms with van der Waals surface area (Å²) in [7, 11) is 0. The number of hydrogen-bond acceptors (Lipinski definition) is 2. The summed E-state index contributed by atoms with van der Waals surface area (Å²) in [5.74, 6) is 0.0373. The molecule has 5 heteroatoms. The number of nitrogens with zero attached hydrogens (tertiary/aromatic N) is 1. The van der Waals surface area contributed by atoms with E-state index in [9.17, 15) is 4.79 Å². The summed E-state index contributed by atoms with van der Waals surface area (Å²) in [6, 6.07) is 7.93. The van der Waals surface area contributed by atoms with Crippen LogP contribution < -0.4 is 5.73 Å². The molecule has 0 unspecified atom stereocenters. The van der Waals surface area contributed by atoms with Gasteiger partial charge in [0.2, 0.25) is 0 Å². The Kier molecular flexibility index (Phi) is 2.87. The molecular formula is C13H14BrN3O. The number of nitrogens with one attached hydrogen (secondary N) is 1. The molecule has 1 aliphatic heterocycles. The van der Waals surface area contributed by atoms with Gasteiger partial charge in [-0.3, -0.25) is 4.79 Å². The van der Waals surface area contributed by atoms with Crippen molar-refractivity contribution >= 4 is 32.7 Å². The lowest BCUT2D eigenvalue weighted by atomic mass is 10.2. The minimum atomic E-state index is 0.0373. The van der Waals surface area contributed by atoms with E-state index in [1.807, 2.05) is 29.2 Å². The maximum Gasteiger partial charge on any atom is 0.270 e. The largest absolute Gasteiger partial charge is 0.351 e. The van der Waals surface area contributed by atoms with Gasteiger partial charge in [-0.05, 0) is 30.7 Å². The quantitative estimate of drug-likeness (QED) is 0.847. The number of aromatic nitrogens is 1. The summed E-state index contributed by atoms with van der Waals surface area (Å²) in [5, 5.41) is 1.04. The van der Waals surface area contributed by atoms with E-state index in [1.54, 1.807) is 0 Å². The number of nitrogens with two attached hydrogens (primary N) is 1. The molecule has 1 amide bonds. The molecule has 1 aliphatic rings. The molecule has 1 atom stereocenters. The van der Waals surface area contributed by atoms with Gasteiger partial charge in [0.25, 0.3) is 5.91 Å². The Hall–Kier alpha value is -1.33. The molecule has 0 aliphatic carbocycles.